The highest BCUT2D eigenvalue weighted by Crippen LogP contribution is 2.38. The second-order valence-corrected chi connectivity index (χ2v) is 7.99. The summed E-state index contributed by atoms with van der Waals surface area (Å²) < 4.78 is 13.7. The maximum atomic E-state index is 13.7. The van der Waals surface area contributed by atoms with Crippen LogP contribution in [0.3, 0.4) is 0 Å². The van der Waals surface area contributed by atoms with Crippen molar-refractivity contribution in [1.82, 2.24) is 4.90 Å². The van der Waals surface area contributed by atoms with Crippen LogP contribution in [0.2, 0.25) is 0 Å². The Bertz CT molecular complexity index is 1240. The van der Waals surface area contributed by atoms with Crippen LogP contribution in [-0.2, 0) is 17.8 Å². The van der Waals surface area contributed by atoms with E-state index in [-0.39, 0.29) is 12.3 Å². The van der Waals surface area contributed by atoms with Crippen molar-refractivity contribution in [3.8, 4) is 6.07 Å². The number of anilines is 2. The minimum atomic E-state index is -0.410. The van der Waals surface area contributed by atoms with E-state index in [1.165, 1.54) is 17.7 Å². The van der Waals surface area contributed by atoms with Crippen molar-refractivity contribution in [2.75, 3.05) is 24.7 Å². The van der Waals surface area contributed by atoms with Crippen LogP contribution in [0.1, 0.15) is 22.3 Å². The van der Waals surface area contributed by atoms with E-state index in [4.69, 9.17) is 5.26 Å². The van der Waals surface area contributed by atoms with Crippen molar-refractivity contribution in [2.24, 2.45) is 0 Å². The van der Waals surface area contributed by atoms with Gasteiger partial charge >= 0.3 is 0 Å². The van der Waals surface area contributed by atoms with Gasteiger partial charge in [-0.05, 0) is 67.2 Å². The smallest absolute Gasteiger partial charge is 0.258 e. The Balaban J connectivity index is 1.82. The minimum Gasteiger partial charge on any atom is -0.354 e. The van der Waals surface area contributed by atoms with Gasteiger partial charge < -0.3 is 15.5 Å². The summed E-state index contributed by atoms with van der Waals surface area (Å²) in [6.07, 6.45) is 0.268. The molecule has 2 N–H and O–H groups in total. The molecule has 0 spiro atoms. The Morgan fingerprint density at radius 3 is 2.56 bits per heavy atom. The number of nitrogens with one attached hydrogen (secondary N) is 2. The highest BCUT2D eigenvalue weighted by Gasteiger charge is 2.29. The Hall–Kier alpha value is -3.95. The van der Waals surface area contributed by atoms with Gasteiger partial charge in [-0.25, -0.2) is 4.39 Å². The monoisotopic (exact) mass is 426 g/mol. The van der Waals surface area contributed by atoms with Crippen LogP contribution in [0, 0.1) is 17.1 Å². The van der Waals surface area contributed by atoms with Crippen LogP contribution >= 0.6 is 0 Å². The number of hydrogen-bond acceptors (Lipinski definition) is 4. The number of hydrogen-bond donors (Lipinski definition) is 2. The molecule has 0 bridgehead atoms. The maximum absolute atomic E-state index is 13.7. The average molecular weight is 426 g/mol. The largest absolute Gasteiger partial charge is 0.354 e. The summed E-state index contributed by atoms with van der Waals surface area (Å²) in [7, 11) is 4.03. The second kappa shape index (κ2) is 9.04. The first-order valence-electron chi connectivity index (χ1n) is 10.3. The van der Waals surface area contributed by atoms with E-state index in [2.05, 4.69) is 21.6 Å². The number of fused-ring (bicyclic) bond motifs is 1. The van der Waals surface area contributed by atoms with E-state index in [9.17, 15) is 9.18 Å². The Morgan fingerprint density at radius 1 is 1.06 bits per heavy atom. The number of halogens is 1. The molecule has 0 fully saturated rings. The molecule has 0 radical (unpaired) electrons. The molecule has 0 atom stereocenters. The van der Waals surface area contributed by atoms with Crippen molar-refractivity contribution in [1.29, 1.82) is 5.26 Å². The lowest BCUT2D eigenvalue weighted by molar-refractivity contribution is -0.110. The fourth-order valence-corrected chi connectivity index (χ4v) is 3.80. The zero-order valence-corrected chi connectivity index (χ0v) is 17.9. The van der Waals surface area contributed by atoms with Crippen molar-refractivity contribution in [3.63, 3.8) is 0 Å². The summed E-state index contributed by atoms with van der Waals surface area (Å²) in [6.45, 7) is 0.825. The summed E-state index contributed by atoms with van der Waals surface area (Å²) in [6, 6.07) is 22.0. The first kappa shape index (κ1) is 21.3. The summed E-state index contributed by atoms with van der Waals surface area (Å²) >= 11 is 0. The second-order valence-electron chi connectivity index (χ2n) is 7.99. The molecule has 0 aliphatic carbocycles. The normalized spacial score (nSPS) is 14.0. The van der Waals surface area contributed by atoms with Gasteiger partial charge in [-0.2, -0.15) is 5.26 Å². The molecule has 0 saturated heterocycles. The third-order valence-electron chi connectivity index (χ3n) is 5.20. The van der Waals surface area contributed by atoms with Crippen LogP contribution in [0.4, 0.5) is 15.8 Å². The van der Waals surface area contributed by atoms with Crippen molar-refractivity contribution >= 4 is 28.6 Å². The zero-order valence-electron chi connectivity index (χ0n) is 17.9. The van der Waals surface area contributed by atoms with Gasteiger partial charge in [0.2, 0.25) is 0 Å². The molecule has 32 heavy (non-hydrogen) atoms. The fourth-order valence-electron chi connectivity index (χ4n) is 3.80. The zero-order chi connectivity index (χ0) is 22.7. The predicted octanol–water partition coefficient (Wildman–Crippen LogP) is 4.89. The average Bonchev–Trinajstić information content (AvgIpc) is 3.08. The number of benzene rings is 3. The van der Waals surface area contributed by atoms with Crippen LogP contribution < -0.4 is 10.6 Å². The van der Waals surface area contributed by atoms with Crippen molar-refractivity contribution < 1.29 is 9.18 Å². The molecule has 0 saturated carbocycles. The number of nitriles is 1. The van der Waals surface area contributed by atoms with E-state index < -0.39 is 5.82 Å². The lowest BCUT2D eigenvalue weighted by Crippen LogP contribution is -2.11. The standard InChI is InChI=1S/C26H23FN4O/c1-31(2)16-18-6-9-21(10-7-18)29-25(19-5-3-4-17(14-19)12-13-28)24-22-11-8-20(27)15-23(22)30-26(24)32/h3-11,14-15,29H,12,16H2,1-2H3,(H,30,32)/b25-24-. The SMILES string of the molecule is CN(C)Cc1ccc(N/C(=C2\C(=O)Nc3cc(F)ccc32)c2cccc(CC#N)c2)cc1. The van der Waals surface area contributed by atoms with Gasteiger partial charge in [-0.1, -0.05) is 30.3 Å². The highest BCUT2D eigenvalue weighted by molar-refractivity contribution is 6.37. The molecule has 1 aliphatic rings. The molecule has 0 aromatic heterocycles. The minimum absolute atomic E-state index is 0.268. The maximum Gasteiger partial charge on any atom is 0.258 e. The molecule has 0 unspecified atom stereocenters. The van der Waals surface area contributed by atoms with Crippen LogP contribution in [0.5, 0.6) is 0 Å². The highest BCUT2D eigenvalue weighted by atomic mass is 19.1. The van der Waals surface area contributed by atoms with Crippen LogP contribution in [-0.4, -0.2) is 24.9 Å². The summed E-state index contributed by atoms with van der Waals surface area (Å²) in [5, 5.41) is 15.3. The number of carbonyl (C=O) groups excluding carboxylic acids is 1. The van der Waals surface area contributed by atoms with Crippen molar-refractivity contribution in [2.45, 2.75) is 13.0 Å². The molecule has 5 nitrogen and oxygen atoms in total. The van der Waals surface area contributed by atoms with E-state index >= 15 is 0 Å². The molecular formula is C26H23FN4O. The van der Waals surface area contributed by atoms with E-state index in [0.717, 1.165) is 23.4 Å². The number of nitrogens with zero attached hydrogens (tertiary/aromatic N) is 2. The van der Waals surface area contributed by atoms with Gasteiger partial charge in [-0.3, -0.25) is 4.79 Å². The molecule has 4 rings (SSSR count). The third kappa shape index (κ3) is 4.53. The van der Waals surface area contributed by atoms with E-state index in [1.54, 1.807) is 6.07 Å². The molecule has 1 aliphatic heterocycles. The first-order valence-corrected chi connectivity index (χ1v) is 10.3. The quantitative estimate of drug-likeness (QED) is 0.551. The molecule has 160 valence electrons. The predicted molar refractivity (Wildman–Crippen MR) is 125 cm³/mol. The third-order valence-corrected chi connectivity index (χ3v) is 5.20. The summed E-state index contributed by atoms with van der Waals surface area (Å²) in [5.74, 6) is -0.713. The van der Waals surface area contributed by atoms with Gasteiger partial charge in [0.1, 0.15) is 5.82 Å². The number of carbonyl (C=O) groups is 1. The first-order chi connectivity index (χ1) is 15.4. The molecule has 3 aromatic rings. The van der Waals surface area contributed by atoms with Gasteiger partial charge in [0.25, 0.3) is 5.91 Å². The number of rotatable bonds is 6. The summed E-state index contributed by atoms with van der Waals surface area (Å²) in [5.41, 5.74) is 5.74. The van der Waals surface area contributed by atoms with Crippen LogP contribution in [0.15, 0.2) is 66.7 Å². The lowest BCUT2D eigenvalue weighted by Gasteiger charge is -2.16. The Kier molecular flexibility index (Phi) is 6.02. The van der Waals surface area contributed by atoms with E-state index in [0.29, 0.717) is 22.5 Å². The van der Waals surface area contributed by atoms with Gasteiger partial charge in [-0.15, -0.1) is 0 Å². The van der Waals surface area contributed by atoms with Gasteiger partial charge in [0.05, 0.1) is 29.4 Å². The molecule has 1 heterocycles. The topological polar surface area (TPSA) is 68.2 Å². The van der Waals surface area contributed by atoms with Gasteiger partial charge in [0, 0.05) is 17.8 Å². The Labute approximate surface area is 186 Å². The molecule has 1 amide bonds. The fraction of sp³-hybridized carbons (Fsp3) is 0.154. The lowest BCUT2D eigenvalue weighted by atomic mass is 9.98. The molecule has 6 heteroatoms. The van der Waals surface area contributed by atoms with Crippen LogP contribution in [0.25, 0.3) is 11.3 Å². The Morgan fingerprint density at radius 2 is 1.84 bits per heavy atom. The van der Waals surface area contributed by atoms with Crippen molar-refractivity contribution in [3.05, 3.63) is 94.8 Å². The summed E-state index contributed by atoms with van der Waals surface area (Å²) in [4.78, 5) is 15.0. The molecular weight excluding hydrogens is 403 g/mol. The van der Waals surface area contributed by atoms with Gasteiger partial charge in [0.15, 0.2) is 0 Å². The van der Waals surface area contributed by atoms with E-state index in [1.807, 2.05) is 62.6 Å². The number of amides is 1. The molecule has 3 aromatic carbocycles.